The fraction of sp³-hybridized carbons (Fsp3) is 0.235. The summed E-state index contributed by atoms with van der Waals surface area (Å²) in [6.45, 7) is 4.04. The van der Waals surface area contributed by atoms with Gasteiger partial charge in [-0.1, -0.05) is 17.7 Å². The molecule has 0 aliphatic carbocycles. The Morgan fingerprint density at radius 1 is 1.28 bits per heavy atom. The van der Waals surface area contributed by atoms with Gasteiger partial charge in [0.15, 0.2) is 5.82 Å². The maximum atomic E-state index is 13.8. The largest absolute Gasteiger partial charge is 0.308 e. The van der Waals surface area contributed by atoms with Crippen molar-refractivity contribution in [3.63, 3.8) is 0 Å². The van der Waals surface area contributed by atoms with Crippen LogP contribution in [-0.4, -0.2) is 25.5 Å². The molecule has 0 bridgehead atoms. The highest BCUT2D eigenvalue weighted by Crippen LogP contribution is 2.20. The number of rotatable bonds is 5. The summed E-state index contributed by atoms with van der Waals surface area (Å²) in [6, 6.07) is 8.07. The Bertz CT molecular complexity index is 897. The smallest absolute Gasteiger partial charge is 0.247 e. The minimum atomic E-state index is -0.391. The highest BCUT2D eigenvalue weighted by Gasteiger charge is 2.11. The van der Waals surface area contributed by atoms with Gasteiger partial charge in [-0.3, -0.25) is 14.2 Å². The van der Waals surface area contributed by atoms with Crippen LogP contribution < -0.4 is 5.32 Å². The molecule has 2 aromatic heterocycles. The van der Waals surface area contributed by atoms with E-state index in [4.69, 9.17) is 11.6 Å². The van der Waals surface area contributed by atoms with Gasteiger partial charge in [0.05, 0.1) is 12.2 Å². The van der Waals surface area contributed by atoms with Gasteiger partial charge in [-0.25, -0.2) is 4.39 Å². The van der Waals surface area contributed by atoms with E-state index in [-0.39, 0.29) is 19.0 Å². The van der Waals surface area contributed by atoms with Crippen LogP contribution in [0.2, 0.25) is 5.02 Å². The molecular weight excluding hydrogens is 345 g/mol. The molecule has 25 heavy (non-hydrogen) atoms. The molecule has 0 fully saturated rings. The van der Waals surface area contributed by atoms with Crippen LogP contribution in [0.3, 0.4) is 0 Å². The molecule has 130 valence electrons. The number of hydrogen-bond acceptors (Lipinski definition) is 3. The normalized spacial score (nSPS) is 10.9. The zero-order chi connectivity index (χ0) is 18.0. The lowest BCUT2D eigenvalue weighted by Crippen LogP contribution is -2.20. The second-order valence-corrected chi connectivity index (χ2v) is 6.14. The fourth-order valence-corrected chi connectivity index (χ4v) is 2.74. The van der Waals surface area contributed by atoms with E-state index in [0.717, 1.165) is 11.4 Å². The average Bonchev–Trinajstić information content (AvgIpc) is 3.09. The lowest BCUT2D eigenvalue weighted by molar-refractivity contribution is -0.117. The number of nitrogens with one attached hydrogen (secondary N) is 1. The molecule has 1 N–H and O–H groups in total. The predicted molar refractivity (Wildman–Crippen MR) is 93.1 cm³/mol. The molecule has 0 radical (unpaired) electrons. The molecule has 3 rings (SSSR count). The van der Waals surface area contributed by atoms with Crippen LogP contribution in [0, 0.1) is 19.7 Å². The van der Waals surface area contributed by atoms with Crippen molar-refractivity contribution in [3.8, 4) is 0 Å². The number of amides is 1. The lowest BCUT2D eigenvalue weighted by atomic mass is 10.2. The van der Waals surface area contributed by atoms with Gasteiger partial charge in [0.1, 0.15) is 12.4 Å². The molecule has 8 heteroatoms. The fourth-order valence-electron chi connectivity index (χ4n) is 2.52. The van der Waals surface area contributed by atoms with E-state index in [1.807, 2.05) is 19.9 Å². The van der Waals surface area contributed by atoms with Crippen molar-refractivity contribution in [2.45, 2.75) is 26.9 Å². The van der Waals surface area contributed by atoms with Gasteiger partial charge >= 0.3 is 0 Å². The third kappa shape index (κ3) is 4.06. The van der Waals surface area contributed by atoms with E-state index in [9.17, 15) is 9.18 Å². The third-order valence-corrected chi connectivity index (χ3v) is 4.04. The molecule has 0 aliphatic heterocycles. The van der Waals surface area contributed by atoms with Gasteiger partial charge in [-0.2, -0.15) is 10.2 Å². The molecule has 0 unspecified atom stereocenters. The van der Waals surface area contributed by atoms with Crippen molar-refractivity contribution in [3.05, 3.63) is 64.3 Å². The van der Waals surface area contributed by atoms with Crippen molar-refractivity contribution < 1.29 is 9.18 Å². The Balaban J connectivity index is 1.65. The Morgan fingerprint density at radius 2 is 2.08 bits per heavy atom. The molecule has 0 saturated heterocycles. The molecule has 0 atom stereocenters. The molecular formula is C17H17ClFN5O. The van der Waals surface area contributed by atoms with Gasteiger partial charge in [-0.15, -0.1) is 0 Å². The zero-order valence-electron chi connectivity index (χ0n) is 13.8. The summed E-state index contributed by atoms with van der Waals surface area (Å²) in [5.41, 5.74) is 2.12. The topological polar surface area (TPSA) is 64.7 Å². The first kappa shape index (κ1) is 17.2. The molecule has 6 nitrogen and oxygen atoms in total. The van der Waals surface area contributed by atoms with Gasteiger partial charge in [-0.05, 0) is 32.0 Å². The van der Waals surface area contributed by atoms with Crippen LogP contribution in [0.25, 0.3) is 0 Å². The highest BCUT2D eigenvalue weighted by atomic mass is 35.5. The highest BCUT2D eigenvalue weighted by molar-refractivity contribution is 6.31. The Labute approximate surface area is 149 Å². The monoisotopic (exact) mass is 361 g/mol. The van der Waals surface area contributed by atoms with Crippen LogP contribution >= 0.6 is 11.6 Å². The van der Waals surface area contributed by atoms with E-state index >= 15 is 0 Å². The number of aromatic nitrogens is 4. The number of carbonyl (C=O) groups is 1. The van der Waals surface area contributed by atoms with Crippen molar-refractivity contribution in [1.29, 1.82) is 0 Å². The number of carbonyl (C=O) groups excluding carboxylic acids is 1. The van der Waals surface area contributed by atoms with E-state index in [2.05, 4.69) is 15.5 Å². The molecule has 2 heterocycles. The summed E-state index contributed by atoms with van der Waals surface area (Å²) in [5.74, 6) is -0.238. The zero-order valence-corrected chi connectivity index (χ0v) is 14.6. The van der Waals surface area contributed by atoms with E-state index < -0.39 is 5.82 Å². The van der Waals surface area contributed by atoms with Crippen LogP contribution in [-0.2, 0) is 17.9 Å². The number of hydrogen-bond donors (Lipinski definition) is 1. The molecule has 1 amide bonds. The molecule has 0 aliphatic rings. The molecule has 3 aromatic rings. The summed E-state index contributed by atoms with van der Waals surface area (Å²) < 4.78 is 17.0. The van der Waals surface area contributed by atoms with Crippen molar-refractivity contribution in [1.82, 2.24) is 19.6 Å². The predicted octanol–water partition coefficient (Wildman–Crippen LogP) is 3.18. The van der Waals surface area contributed by atoms with Crippen LogP contribution in [0.15, 0.2) is 36.5 Å². The first-order chi connectivity index (χ1) is 11.9. The second kappa shape index (κ2) is 7.06. The van der Waals surface area contributed by atoms with E-state index in [1.54, 1.807) is 29.1 Å². The first-order valence-electron chi connectivity index (χ1n) is 7.69. The van der Waals surface area contributed by atoms with E-state index in [1.165, 1.54) is 10.7 Å². The Morgan fingerprint density at radius 3 is 2.76 bits per heavy atom. The van der Waals surface area contributed by atoms with Crippen molar-refractivity contribution in [2.24, 2.45) is 0 Å². The minimum Gasteiger partial charge on any atom is -0.308 e. The number of aryl methyl sites for hydroxylation is 2. The van der Waals surface area contributed by atoms with Crippen LogP contribution in [0.1, 0.15) is 17.0 Å². The Kier molecular flexibility index (Phi) is 4.85. The van der Waals surface area contributed by atoms with Gasteiger partial charge in [0, 0.05) is 28.5 Å². The minimum absolute atomic E-state index is 0.103. The standard InChI is InChI=1S/C17H17ClFN5O/c1-11-8-12(2)24(21-11)10-17(25)20-16-6-7-23(22-16)9-13-14(18)4-3-5-15(13)19/h3-8H,9-10H2,1-2H3,(H,20,22,25). The molecule has 1 aromatic carbocycles. The molecule has 0 spiro atoms. The second-order valence-electron chi connectivity index (χ2n) is 5.73. The quantitative estimate of drug-likeness (QED) is 0.759. The van der Waals surface area contributed by atoms with Gasteiger partial charge in [0.2, 0.25) is 5.91 Å². The Hall–Kier alpha value is -2.67. The number of anilines is 1. The average molecular weight is 362 g/mol. The van der Waals surface area contributed by atoms with Crippen molar-refractivity contribution >= 4 is 23.3 Å². The summed E-state index contributed by atoms with van der Waals surface area (Å²) in [4.78, 5) is 12.1. The van der Waals surface area contributed by atoms with E-state index in [0.29, 0.717) is 16.4 Å². The van der Waals surface area contributed by atoms with Crippen LogP contribution in [0.4, 0.5) is 10.2 Å². The SMILES string of the molecule is Cc1cc(C)n(CC(=O)Nc2ccn(Cc3c(F)cccc3Cl)n2)n1. The summed E-state index contributed by atoms with van der Waals surface area (Å²) in [5, 5.41) is 11.5. The summed E-state index contributed by atoms with van der Waals surface area (Å²) in [7, 11) is 0. The summed E-state index contributed by atoms with van der Waals surface area (Å²) >= 11 is 6.02. The number of nitrogens with zero attached hydrogens (tertiary/aromatic N) is 4. The molecule has 0 saturated carbocycles. The number of benzene rings is 1. The van der Waals surface area contributed by atoms with Gasteiger partial charge in [0.25, 0.3) is 0 Å². The lowest BCUT2D eigenvalue weighted by Gasteiger charge is -2.06. The van der Waals surface area contributed by atoms with Crippen LogP contribution in [0.5, 0.6) is 0 Å². The third-order valence-electron chi connectivity index (χ3n) is 3.69. The first-order valence-corrected chi connectivity index (χ1v) is 8.07. The maximum Gasteiger partial charge on any atom is 0.247 e. The van der Waals surface area contributed by atoms with Gasteiger partial charge < -0.3 is 5.32 Å². The summed E-state index contributed by atoms with van der Waals surface area (Å²) in [6.07, 6.45) is 1.65. The number of halogens is 2. The van der Waals surface area contributed by atoms with Crippen molar-refractivity contribution in [2.75, 3.05) is 5.32 Å². The maximum absolute atomic E-state index is 13.8.